The molecule has 4 atom stereocenters. The predicted molar refractivity (Wildman–Crippen MR) is 71.6 cm³/mol. The van der Waals surface area contributed by atoms with E-state index in [4.69, 9.17) is 9.47 Å². The van der Waals surface area contributed by atoms with Crippen LogP contribution in [0.5, 0.6) is 0 Å². The van der Waals surface area contributed by atoms with E-state index in [-0.39, 0.29) is 37.0 Å². The molecule has 0 aliphatic carbocycles. The van der Waals surface area contributed by atoms with Crippen LogP contribution in [0, 0.1) is 0 Å². The Bertz CT molecular complexity index is 187. The van der Waals surface area contributed by atoms with Crippen LogP contribution < -0.4 is 10.6 Å². The van der Waals surface area contributed by atoms with Crippen LogP contribution in [0.15, 0.2) is 0 Å². The SMILES string of the molecule is CO[C@@H]1CNC[C@H]1F.CO[C@H]1CNC[C@@H]1F.Cl.Cl. The van der Waals surface area contributed by atoms with Crippen molar-refractivity contribution in [3.63, 3.8) is 0 Å². The average Bonchev–Trinajstić information content (AvgIpc) is 2.87. The van der Waals surface area contributed by atoms with Gasteiger partial charge in [-0.2, -0.15) is 0 Å². The summed E-state index contributed by atoms with van der Waals surface area (Å²) in [6.07, 6.45) is -2.04. The van der Waals surface area contributed by atoms with Crippen molar-refractivity contribution in [1.82, 2.24) is 10.6 Å². The number of ether oxygens (including phenoxy) is 2. The summed E-state index contributed by atoms with van der Waals surface area (Å²) in [6, 6.07) is 0. The maximum atomic E-state index is 12.4. The van der Waals surface area contributed by atoms with Gasteiger partial charge in [0.15, 0.2) is 0 Å². The van der Waals surface area contributed by atoms with Crippen LogP contribution in [-0.2, 0) is 9.47 Å². The zero-order valence-corrected chi connectivity index (χ0v) is 12.2. The molecule has 0 radical (unpaired) electrons. The van der Waals surface area contributed by atoms with E-state index < -0.39 is 12.3 Å². The summed E-state index contributed by atoms with van der Waals surface area (Å²) in [7, 11) is 3.06. The van der Waals surface area contributed by atoms with Gasteiger partial charge in [0.2, 0.25) is 0 Å². The molecule has 4 nitrogen and oxygen atoms in total. The van der Waals surface area contributed by atoms with Crippen molar-refractivity contribution >= 4 is 24.8 Å². The lowest BCUT2D eigenvalue weighted by Gasteiger charge is -2.06. The van der Waals surface area contributed by atoms with Crippen molar-refractivity contribution < 1.29 is 18.3 Å². The highest BCUT2D eigenvalue weighted by Crippen LogP contribution is 2.06. The van der Waals surface area contributed by atoms with Crippen molar-refractivity contribution in [3.8, 4) is 0 Å². The first-order valence-electron chi connectivity index (χ1n) is 5.44. The molecule has 2 N–H and O–H groups in total. The van der Waals surface area contributed by atoms with Gasteiger partial charge in [0.25, 0.3) is 0 Å². The van der Waals surface area contributed by atoms with Gasteiger partial charge in [-0.1, -0.05) is 0 Å². The highest BCUT2D eigenvalue weighted by molar-refractivity contribution is 5.85. The molecule has 18 heavy (non-hydrogen) atoms. The Morgan fingerprint density at radius 3 is 1.22 bits per heavy atom. The van der Waals surface area contributed by atoms with Crippen molar-refractivity contribution in [2.45, 2.75) is 24.6 Å². The molecule has 2 heterocycles. The second-order valence-corrected chi connectivity index (χ2v) is 3.90. The lowest BCUT2D eigenvalue weighted by Crippen LogP contribution is -2.21. The Balaban J connectivity index is 0. The van der Waals surface area contributed by atoms with Crippen molar-refractivity contribution in [2.75, 3.05) is 40.4 Å². The Hall–Kier alpha value is 0.280. The first-order chi connectivity index (χ1) is 7.69. The van der Waals surface area contributed by atoms with Crippen molar-refractivity contribution in [1.29, 1.82) is 0 Å². The molecule has 0 aromatic rings. The highest BCUT2D eigenvalue weighted by Gasteiger charge is 2.26. The second-order valence-electron chi connectivity index (χ2n) is 3.90. The molecule has 0 saturated carbocycles. The predicted octanol–water partition coefficient (Wildman–Crippen LogP) is 0.729. The molecule has 0 amide bonds. The minimum Gasteiger partial charge on any atom is -0.377 e. The van der Waals surface area contributed by atoms with Gasteiger partial charge in [-0.25, -0.2) is 8.78 Å². The Morgan fingerprint density at radius 1 is 0.778 bits per heavy atom. The smallest absolute Gasteiger partial charge is 0.140 e. The van der Waals surface area contributed by atoms with Crippen LogP contribution in [0.25, 0.3) is 0 Å². The van der Waals surface area contributed by atoms with E-state index in [1.165, 1.54) is 14.2 Å². The van der Waals surface area contributed by atoms with Gasteiger partial charge < -0.3 is 20.1 Å². The molecule has 0 aromatic carbocycles. The fourth-order valence-corrected chi connectivity index (χ4v) is 1.71. The summed E-state index contributed by atoms with van der Waals surface area (Å²) in [5, 5.41) is 5.75. The molecule has 2 aliphatic heterocycles. The van der Waals surface area contributed by atoms with Crippen LogP contribution in [0.4, 0.5) is 8.78 Å². The molecule has 112 valence electrons. The molecule has 2 aliphatic rings. The molecule has 0 bridgehead atoms. The molecule has 2 saturated heterocycles. The molecule has 0 unspecified atom stereocenters. The van der Waals surface area contributed by atoms with Gasteiger partial charge in [0.05, 0.1) is 0 Å². The summed E-state index contributed by atoms with van der Waals surface area (Å²) in [6.45, 7) is 2.19. The third kappa shape index (κ3) is 6.45. The fourth-order valence-electron chi connectivity index (χ4n) is 1.71. The van der Waals surface area contributed by atoms with E-state index >= 15 is 0 Å². The number of rotatable bonds is 2. The van der Waals surface area contributed by atoms with E-state index in [9.17, 15) is 8.78 Å². The van der Waals surface area contributed by atoms with Crippen LogP contribution in [0.2, 0.25) is 0 Å². The topological polar surface area (TPSA) is 42.5 Å². The van der Waals surface area contributed by atoms with Crippen LogP contribution >= 0.6 is 24.8 Å². The molecular formula is C10H22Cl2F2N2O2. The third-order valence-electron chi connectivity index (χ3n) is 2.78. The quantitative estimate of drug-likeness (QED) is 0.789. The van der Waals surface area contributed by atoms with Crippen molar-refractivity contribution in [3.05, 3.63) is 0 Å². The molecule has 2 rings (SSSR count). The van der Waals surface area contributed by atoms with Gasteiger partial charge >= 0.3 is 0 Å². The monoisotopic (exact) mass is 310 g/mol. The maximum absolute atomic E-state index is 12.4. The zero-order valence-electron chi connectivity index (χ0n) is 10.5. The Kier molecular flexibility index (Phi) is 12.7. The summed E-state index contributed by atoms with van der Waals surface area (Å²) >= 11 is 0. The van der Waals surface area contributed by atoms with Crippen molar-refractivity contribution in [2.24, 2.45) is 0 Å². The van der Waals surface area contributed by atoms with E-state index in [0.29, 0.717) is 26.2 Å². The number of nitrogens with one attached hydrogen (secondary N) is 2. The first kappa shape index (κ1) is 20.6. The Labute approximate surface area is 119 Å². The number of alkyl halides is 2. The van der Waals surface area contributed by atoms with Crippen LogP contribution in [0.1, 0.15) is 0 Å². The largest absolute Gasteiger partial charge is 0.377 e. The highest BCUT2D eigenvalue weighted by atomic mass is 35.5. The normalized spacial score (nSPS) is 34.0. The van der Waals surface area contributed by atoms with Gasteiger partial charge in [0, 0.05) is 40.4 Å². The average molecular weight is 311 g/mol. The summed E-state index contributed by atoms with van der Waals surface area (Å²) < 4.78 is 34.4. The number of methoxy groups -OCH3 is 2. The Morgan fingerprint density at radius 2 is 1.11 bits per heavy atom. The lowest BCUT2D eigenvalue weighted by molar-refractivity contribution is 0.0647. The van der Waals surface area contributed by atoms with Crippen LogP contribution in [0.3, 0.4) is 0 Å². The summed E-state index contributed by atoms with van der Waals surface area (Å²) in [4.78, 5) is 0. The van der Waals surface area contributed by atoms with Gasteiger partial charge in [-0.05, 0) is 0 Å². The van der Waals surface area contributed by atoms with Crippen LogP contribution in [-0.4, -0.2) is 64.9 Å². The standard InChI is InChI=1S/2C5H10FNO.2ClH/c2*1-8-5-3-7-2-4(5)6;;/h2*4-5,7H,2-3H2,1H3;2*1H/t2*4-,5-;;/m10../s1. The van der Waals surface area contributed by atoms with Gasteiger partial charge in [-0.15, -0.1) is 24.8 Å². The van der Waals surface area contributed by atoms with E-state index in [1.54, 1.807) is 0 Å². The fraction of sp³-hybridized carbons (Fsp3) is 1.00. The minimum atomic E-state index is -0.806. The second kappa shape index (κ2) is 11.1. The van der Waals surface area contributed by atoms with E-state index in [1.807, 2.05) is 0 Å². The minimum absolute atomic E-state index is 0. The van der Waals surface area contributed by atoms with Gasteiger partial charge in [-0.3, -0.25) is 0 Å². The zero-order chi connectivity index (χ0) is 12.0. The first-order valence-corrected chi connectivity index (χ1v) is 5.44. The lowest BCUT2D eigenvalue weighted by atomic mass is 10.3. The molecule has 2 fully saturated rings. The van der Waals surface area contributed by atoms with E-state index in [2.05, 4.69) is 10.6 Å². The van der Waals surface area contributed by atoms with E-state index in [0.717, 1.165) is 0 Å². The number of hydrogen-bond donors (Lipinski definition) is 2. The number of halogens is 4. The molecule has 0 aromatic heterocycles. The van der Waals surface area contributed by atoms with Gasteiger partial charge in [0.1, 0.15) is 24.6 Å². The summed E-state index contributed by atoms with van der Waals surface area (Å²) in [5.74, 6) is 0. The maximum Gasteiger partial charge on any atom is 0.140 e. The molecule has 0 spiro atoms. The molecule has 8 heteroatoms. The third-order valence-corrected chi connectivity index (χ3v) is 2.78. The number of hydrogen-bond acceptors (Lipinski definition) is 4. The molecular weight excluding hydrogens is 289 g/mol. The summed E-state index contributed by atoms with van der Waals surface area (Å²) in [5.41, 5.74) is 0.